The molecule has 0 unspecified atom stereocenters. The van der Waals surface area contributed by atoms with E-state index in [1.54, 1.807) is 0 Å². The van der Waals surface area contributed by atoms with Crippen LogP contribution in [0, 0.1) is 3.57 Å². The molecule has 0 aliphatic carbocycles. The highest BCUT2D eigenvalue weighted by atomic mass is 127. The molecule has 2 N–H and O–H groups in total. The van der Waals surface area contributed by atoms with Gasteiger partial charge >= 0.3 is 0 Å². The first-order valence-corrected chi connectivity index (χ1v) is 10.5. The maximum atomic E-state index is 5.02. The standard InChI is InChI=1S/C19H20IN3S/c20-15-6-2-1-5-14(15)13-21-18-19(9-11-24-12-10-19)23-17-8-4-3-7-16(17)22-18/h1-8,23H,9-13H2,(H,21,22). The molecule has 2 aliphatic heterocycles. The number of anilines is 2. The molecule has 2 aromatic carbocycles. The SMILES string of the molecule is Ic1ccccc1CN=C1Nc2ccccc2NC12CCSCC2. The second-order valence-corrected chi connectivity index (χ2v) is 8.63. The van der Waals surface area contributed by atoms with E-state index in [9.17, 15) is 0 Å². The Hall–Kier alpha value is -1.21. The van der Waals surface area contributed by atoms with Crippen molar-refractivity contribution in [3.8, 4) is 0 Å². The Balaban J connectivity index is 1.68. The molecule has 1 fully saturated rings. The zero-order valence-electron chi connectivity index (χ0n) is 13.4. The molecule has 0 radical (unpaired) electrons. The number of thioether (sulfide) groups is 1. The number of fused-ring (bicyclic) bond motifs is 1. The smallest absolute Gasteiger partial charge is 0.127 e. The van der Waals surface area contributed by atoms with E-state index in [0.717, 1.165) is 30.9 Å². The van der Waals surface area contributed by atoms with Gasteiger partial charge in [-0.2, -0.15) is 11.8 Å². The van der Waals surface area contributed by atoms with Crippen molar-refractivity contribution in [3.63, 3.8) is 0 Å². The largest absolute Gasteiger partial charge is 0.371 e. The number of rotatable bonds is 2. The topological polar surface area (TPSA) is 36.4 Å². The molecule has 0 amide bonds. The fourth-order valence-corrected chi connectivity index (χ4v) is 5.08. The molecule has 0 atom stereocenters. The molecular weight excluding hydrogens is 429 g/mol. The fraction of sp³-hybridized carbons (Fsp3) is 0.316. The summed E-state index contributed by atoms with van der Waals surface area (Å²) in [5, 5.41) is 7.43. The molecule has 0 bridgehead atoms. The van der Waals surface area contributed by atoms with Gasteiger partial charge in [0.1, 0.15) is 5.84 Å². The Morgan fingerprint density at radius 2 is 1.71 bits per heavy atom. The number of hydrogen-bond acceptors (Lipinski definition) is 3. The average Bonchev–Trinajstić information content (AvgIpc) is 2.62. The van der Waals surface area contributed by atoms with Crippen LogP contribution in [0.4, 0.5) is 11.4 Å². The van der Waals surface area contributed by atoms with Gasteiger partial charge in [0, 0.05) is 3.57 Å². The Labute approximate surface area is 160 Å². The molecule has 2 aliphatic rings. The van der Waals surface area contributed by atoms with Crippen LogP contribution >= 0.6 is 34.4 Å². The lowest BCUT2D eigenvalue weighted by molar-refractivity contribution is 0.559. The first-order chi connectivity index (χ1) is 11.8. The maximum absolute atomic E-state index is 5.02. The Bertz CT molecular complexity index is 769. The molecule has 124 valence electrons. The Kier molecular flexibility index (Phi) is 4.72. The summed E-state index contributed by atoms with van der Waals surface area (Å²) < 4.78 is 1.27. The fourth-order valence-electron chi connectivity index (χ4n) is 3.33. The number of aliphatic imine (C=N–C) groups is 1. The van der Waals surface area contributed by atoms with Gasteiger partial charge < -0.3 is 10.6 Å². The van der Waals surface area contributed by atoms with Crippen molar-refractivity contribution >= 4 is 51.6 Å². The lowest BCUT2D eigenvalue weighted by Gasteiger charge is -2.43. The van der Waals surface area contributed by atoms with Gasteiger partial charge in [0.15, 0.2) is 0 Å². The van der Waals surface area contributed by atoms with E-state index in [2.05, 4.69) is 81.8 Å². The summed E-state index contributed by atoms with van der Waals surface area (Å²) in [5.74, 6) is 3.46. The van der Waals surface area contributed by atoms with E-state index in [1.165, 1.54) is 26.3 Å². The highest BCUT2D eigenvalue weighted by Gasteiger charge is 2.40. The lowest BCUT2D eigenvalue weighted by Crippen LogP contribution is -2.54. The van der Waals surface area contributed by atoms with Crippen molar-refractivity contribution in [1.29, 1.82) is 0 Å². The summed E-state index contributed by atoms with van der Waals surface area (Å²) in [6.07, 6.45) is 2.23. The zero-order valence-corrected chi connectivity index (χ0v) is 16.4. The molecule has 0 saturated carbocycles. The molecule has 1 spiro atoms. The number of nitrogens with one attached hydrogen (secondary N) is 2. The summed E-state index contributed by atoms with van der Waals surface area (Å²) in [4.78, 5) is 5.02. The van der Waals surface area contributed by atoms with Crippen LogP contribution in [0.5, 0.6) is 0 Å². The van der Waals surface area contributed by atoms with Gasteiger partial charge in [-0.25, -0.2) is 0 Å². The summed E-state index contributed by atoms with van der Waals surface area (Å²) in [7, 11) is 0. The molecule has 1 saturated heterocycles. The molecular formula is C19H20IN3S. The number of amidine groups is 1. The second-order valence-electron chi connectivity index (χ2n) is 6.25. The normalized spacial score (nSPS) is 20.3. The van der Waals surface area contributed by atoms with Gasteiger partial charge in [-0.15, -0.1) is 0 Å². The Morgan fingerprint density at radius 1 is 1.00 bits per heavy atom. The summed E-state index contributed by atoms with van der Waals surface area (Å²) in [5.41, 5.74) is 3.56. The van der Waals surface area contributed by atoms with E-state index >= 15 is 0 Å². The highest BCUT2D eigenvalue weighted by molar-refractivity contribution is 14.1. The molecule has 2 aromatic rings. The molecule has 2 heterocycles. The van der Waals surface area contributed by atoms with Gasteiger partial charge in [-0.05, 0) is 70.7 Å². The predicted molar refractivity (Wildman–Crippen MR) is 113 cm³/mol. The lowest BCUT2D eigenvalue weighted by atomic mass is 9.87. The van der Waals surface area contributed by atoms with E-state index in [1.807, 2.05) is 11.8 Å². The van der Waals surface area contributed by atoms with E-state index < -0.39 is 0 Å². The molecule has 4 rings (SSSR count). The molecule has 5 heteroatoms. The predicted octanol–water partition coefficient (Wildman–Crippen LogP) is 4.99. The van der Waals surface area contributed by atoms with Crippen LogP contribution in [0.2, 0.25) is 0 Å². The monoisotopic (exact) mass is 449 g/mol. The van der Waals surface area contributed by atoms with Gasteiger partial charge in [0.2, 0.25) is 0 Å². The van der Waals surface area contributed by atoms with E-state index in [4.69, 9.17) is 4.99 Å². The van der Waals surface area contributed by atoms with Crippen LogP contribution in [0.1, 0.15) is 18.4 Å². The van der Waals surface area contributed by atoms with Gasteiger partial charge in [-0.3, -0.25) is 4.99 Å². The van der Waals surface area contributed by atoms with Crippen LogP contribution < -0.4 is 10.6 Å². The third-order valence-corrected chi connectivity index (χ3v) is 6.76. The summed E-state index contributed by atoms with van der Waals surface area (Å²) in [6.45, 7) is 0.722. The first kappa shape index (κ1) is 16.3. The van der Waals surface area contributed by atoms with Crippen LogP contribution in [-0.2, 0) is 6.54 Å². The minimum absolute atomic E-state index is 0.0418. The number of halogens is 1. The van der Waals surface area contributed by atoms with Crippen LogP contribution in [0.15, 0.2) is 53.5 Å². The van der Waals surface area contributed by atoms with Crippen molar-refractivity contribution in [1.82, 2.24) is 0 Å². The Morgan fingerprint density at radius 3 is 2.50 bits per heavy atom. The van der Waals surface area contributed by atoms with E-state index in [0.29, 0.717) is 0 Å². The molecule has 0 aromatic heterocycles. The van der Waals surface area contributed by atoms with Gasteiger partial charge in [0.05, 0.1) is 23.5 Å². The number of hydrogen-bond donors (Lipinski definition) is 2. The molecule has 24 heavy (non-hydrogen) atoms. The number of para-hydroxylation sites is 2. The second kappa shape index (κ2) is 6.96. The summed E-state index contributed by atoms with van der Waals surface area (Å²) >= 11 is 4.43. The van der Waals surface area contributed by atoms with Crippen molar-refractivity contribution < 1.29 is 0 Å². The van der Waals surface area contributed by atoms with Gasteiger partial charge in [0.25, 0.3) is 0 Å². The van der Waals surface area contributed by atoms with Crippen LogP contribution in [0.25, 0.3) is 0 Å². The third-order valence-electron chi connectivity index (χ3n) is 4.72. The zero-order chi connectivity index (χ0) is 16.4. The highest BCUT2D eigenvalue weighted by Crippen LogP contribution is 2.38. The number of nitrogens with zero attached hydrogens (tertiary/aromatic N) is 1. The van der Waals surface area contributed by atoms with Crippen LogP contribution in [-0.4, -0.2) is 22.9 Å². The average molecular weight is 449 g/mol. The molecule has 3 nitrogen and oxygen atoms in total. The van der Waals surface area contributed by atoms with Crippen molar-refractivity contribution in [2.45, 2.75) is 24.9 Å². The third kappa shape index (κ3) is 3.16. The first-order valence-electron chi connectivity index (χ1n) is 8.27. The van der Waals surface area contributed by atoms with Crippen molar-refractivity contribution in [2.24, 2.45) is 4.99 Å². The summed E-state index contributed by atoms with van der Waals surface area (Å²) in [6, 6.07) is 16.9. The minimum Gasteiger partial charge on any atom is -0.371 e. The maximum Gasteiger partial charge on any atom is 0.127 e. The van der Waals surface area contributed by atoms with Gasteiger partial charge in [-0.1, -0.05) is 30.3 Å². The number of benzene rings is 2. The van der Waals surface area contributed by atoms with Crippen molar-refractivity contribution in [3.05, 3.63) is 57.7 Å². The quantitative estimate of drug-likeness (QED) is 0.635. The minimum atomic E-state index is -0.0418. The van der Waals surface area contributed by atoms with Crippen molar-refractivity contribution in [2.75, 3.05) is 22.1 Å². The van der Waals surface area contributed by atoms with Crippen LogP contribution in [0.3, 0.4) is 0 Å². The van der Waals surface area contributed by atoms with E-state index in [-0.39, 0.29) is 5.54 Å².